The lowest BCUT2D eigenvalue weighted by Gasteiger charge is -2.60. The monoisotopic (exact) mass is 320 g/mol. The van der Waals surface area contributed by atoms with Crippen molar-refractivity contribution in [1.82, 2.24) is 0 Å². The van der Waals surface area contributed by atoms with E-state index in [9.17, 15) is 15.3 Å². The molecule has 0 unspecified atom stereocenters. The molecule has 1 fully saturated rings. The van der Waals surface area contributed by atoms with Crippen LogP contribution in [0.3, 0.4) is 0 Å². The largest absolute Gasteiger partial charge is 0.396 e. The molecule has 3 aliphatic carbocycles. The van der Waals surface area contributed by atoms with Gasteiger partial charge in [0.1, 0.15) is 0 Å². The van der Waals surface area contributed by atoms with Crippen LogP contribution in [0.1, 0.15) is 59.3 Å². The van der Waals surface area contributed by atoms with Gasteiger partial charge in [0, 0.05) is 5.41 Å². The minimum Gasteiger partial charge on any atom is -0.396 e. The second-order valence-electron chi connectivity index (χ2n) is 9.01. The Hall–Kier alpha value is -0.640. The SMILES string of the molecule is C=C[C@@]1(C)CCC2=C(CC[C@H]3[C@@](C)(CO)[C@@H](O)[C@@H](O)C[C@]23C)C1. The molecule has 0 bridgehead atoms. The highest BCUT2D eigenvalue weighted by Crippen LogP contribution is 2.62. The fourth-order valence-electron chi connectivity index (χ4n) is 5.94. The van der Waals surface area contributed by atoms with Crippen LogP contribution in [0.2, 0.25) is 0 Å². The number of aliphatic hydroxyl groups excluding tert-OH is 3. The van der Waals surface area contributed by atoms with Crippen LogP contribution >= 0.6 is 0 Å². The van der Waals surface area contributed by atoms with E-state index in [2.05, 4.69) is 26.5 Å². The summed E-state index contributed by atoms with van der Waals surface area (Å²) in [6.07, 6.45) is 6.38. The molecule has 3 heteroatoms. The summed E-state index contributed by atoms with van der Waals surface area (Å²) in [6.45, 7) is 10.4. The first-order valence-electron chi connectivity index (χ1n) is 9.02. The highest BCUT2D eigenvalue weighted by Gasteiger charge is 2.59. The van der Waals surface area contributed by atoms with Crippen LogP contribution < -0.4 is 0 Å². The summed E-state index contributed by atoms with van der Waals surface area (Å²) in [6, 6.07) is 0. The van der Waals surface area contributed by atoms with Crippen LogP contribution in [0.5, 0.6) is 0 Å². The third-order valence-electron chi connectivity index (χ3n) is 7.49. The maximum absolute atomic E-state index is 10.5. The Morgan fingerprint density at radius 3 is 2.52 bits per heavy atom. The second-order valence-corrected chi connectivity index (χ2v) is 9.01. The van der Waals surface area contributed by atoms with Gasteiger partial charge in [-0.1, -0.05) is 38.0 Å². The van der Waals surface area contributed by atoms with E-state index in [1.165, 1.54) is 5.57 Å². The van der Waals surface area contributed by atoms with Crippen molar-refractivity contribution in [3.8, 4) is 0 Å². The summed E-state index contributed by atoms with van der Waals surface area (Å²) in [5.41, 5.74) is 2.51. The molecule has 3 rings (SSSR count). The van der Waals surface area contributed by atoms with Crippen LogP contribution in [-0.4, -0.2) is 34.1 Å². The maximum Gasteiger partial charge on any atom is 0.0877 e. The molecule has 0 spiro atoms. The third-order valence-corrected chi connectivity index (χ3v) is 7.49. The van der Waals surface area contributed by atoms with Crippen molar-refractivity contribution in [2.45, 2.75) is 71.5 Å². The highest BCUT2D eigenvalue weighted by atomic mass is 16.3. The Bertz CT molecular complexity index is 539. The van der Waals surface area contributed by atoms with Gasteiger partial charge < -0.3 is 15.3 Å². The predicted octanol–water partition coefficient (Wildman–Crippen LogP) is 3.20. The highest BCUT2D eigenvalue weighted by molar-refractivity contribution is 5.33. The molecule has 0 aromatic carbocycles. The smallest absolute Gasteiger partial charge is 0.0877 e. The molecule has 0 aromatic rings. The van der Waals surface area contributed by atoms with Crippen molar-refractivity contribution in [2.75, 3.05) is 6.61 Å². The average Bonchev–Trinajstić information content (AvgIpc) is 2.52. The van der Waals surface area contributed by atoms with Crippen molar-refractivity contribution in [3.63, 3.8) is 0 Å². The van der Waals surface area contributed by atoms with E-state index < -0.39 is 17.6 Å². The summed E-state index contributed by atoms with van der Waals surface area (Å²) in [4.78, 5) is 0. The lowest BCUT2D eigenvalue weighted by Crippen LogP contribution is -2.60. The summed E-state index contributed by atoms with van der Waals surface area (Å²) < 4.78 is 0. The molecule has 0 aliphatic heterocycles. The first kappa shape index (κ1) is 17.2. The van der Waals surface area contributed by atoms with Gasteiger partial charge in [-0.3, -0.25) is 0 Å². The van der Waals surface area contributed by atoms with Crippen molar-refractivity contribution in [3.05, 3.63) is 23.8 Å². The molecule has 23 heavy (non-hydrogen) atoms. The van der Waals surface area contributed by atoms with Gasteiger partial charge in [-0.25, -0.2) is 0 Å². The molecule has 0 saturated heterocycles. The van der Waals surface area contributed by atoms with Gasteiger partial charge in [-0.15, -0.1) is 6.58 Å². The van der Waals surface area contributed by atoms with E-state index in [-0.39, 0.29) is 23.4 Å². The number of fused-ring (bicyclic) bond motifs is 2. The summed E-state index contributed by atoms with van der Waals surface area (Å²) in [7, 11) is 0. The average molecular weight is 320 g/mol. The molecule has 0 radical (unpaired) electrons. The molecule has 3 nitrogen and oxygen atoms in total. The zero-order chi connectivity index (χ0) is 17.0. The molecule has 3 N–H and O–H groups in total. The van der Waals surface area contributed by atoms with Crippen LogP contribution in [0.4, 0.5) is 0 Å². The van der Waals surface area contributed by atoms with Gasteiger partial charge >= 0.3 is 0 Å². The summed E-state index contributed by atoms with van der Waals surface area (Å²) >= 11 is 0. The molecule has 0 amide bonds. The van der Waals surface area contributed by atoms with Crippen molar-refractivity contribution in [1.29, 1.82) is 0 Å². The van der Waals surface area contributed by atoms with Crippen LogP contribution in [0.15, 0.2) is 23.8 Å². The third kappa shape index (κ3) is 2.35. The Morgan fingerprint density at radius 2 is 1.91 bits per heavy atom. The van der Waals surface area contributed by atoms with Crippen LogP contribution in [-0.2, 0) is 0 Å². The number of allylic oxidation sites excluding steroid dienone is 3. The van der Waals surface area contributed by atoms with Gasteiger partial charge in [0.25, 0.3) is 0 Å². The van der Waals surface area contributed by atoms with Gasteiger partial charge in [-0.2, -0.15) is 0 Å². The Labute approximate surface area is 140 Å². The first-order chi connectivity index (χ1) is 10.7. The van der Waals surface area contributed by atoms with E-state index >= 15 is 0 Å². The van der Waals surface area contributed by atoms with Gasteiger partial charge in [0.05, 0.1) is 18.8 Å². The Kier molecular flexibility index (Phi) is 4.06. The Morgan fingerprint density at radius 1 is 1.22 bits per heavy atom. The zero-order valence-electron chi connectivity index (χ0n) is 14.8. The van der Waals surface area contributed by atoms with Crippen molar-refractivity contribution >= 4 is 0 Å². The van der Waals surface area contributed by atoms with E-state index in [0.29, 0.717) is 6.42 Å². The zero-order valence-corrected chi connectivity index (χ0v) is 14.8. The standard InChI is InChI=1S/C20H32O3/c1-5-18(2)9-8-14-13(10-18)6-7-16-19(14,3)11-15(22)17(23)20(16,4)12-21/h5,15-17,21-23H,1,6-12H2,2-4H3/t15-,16+,17-,18-,19+,20+/m0/s1. The van der Waals surface area contributed by atoms with E-state index in [0.717, 1.165) is 32.1 Å². The number of hydrogen-bond acceptors (Lipinski definition) is 3. The molecule has 0 heterocycles. The van der Waals surface area contributed by atoms with Gasteiger partial charge in [0.2, 0.25) is 0 Å². The molecule has 3 aliphatic rings. The van der Waals surface area contributed by atoms with E-state index in [1.807, 2.05) is 6.92 Å². The normalized spacial score (nSPS) is 50.3. The molecule has 6 atom stereocenters. The number of hydrogen-bond donors (Lipinski definition) is 3. The predicted molar refractivity (Wildman–Crippen MR) is 91.8 cm³/mol. The molecular formula is C20H32O3. The minimum absolute atomic E-state index is 0.0710. The second kappa shape index (κ2) is 5.44. The Balaban J connectivity index is 2.03. The summed E-state index contributed by atoms with van der Waals surface area (Å²) in [5.74, 6) is 0.227. The minimum atomic E-state index is -0.838. The molecule has 130 valence electrons. The molecule has 1 saturated carbocycles. The molecule has 0 aromatic heterocycles. The van der Waals surface area contributed by atoms with E-state index in [1.54, 1.807) is 5.57 Å². The quantitative estimate of drug-likeness (QED) is 0.685. The van der Waals surface area contributed by atoms with Crippen LogP contribution in [0.25, 0.3) is 0 Å². The maximum atomic E-state index is 10.5. The van der Waals surface area contributed by atoms with Crippen molar-refractivity contribution < 1.29 is 15.3 Å². The number of aliphatic hydroxyl groups is 3. The fraction of sp³-hybridized carbons (Fsp3) is 0.800. The van der Waals surface area contributed by atoms with Gasteiger partial charge in [-0.05, 0) is 55.3 Å². The first-order valence-corrected chi connectivity index (χ1v) is 9.02. The van der Waals surface area contributed by atoms with Crippen molar-refractivity contribution in [2.24, 2.45) is 22.2 Å². The summed E-state index contributed by atoms with van der Waals surface area (Å²) in [5, 5.41) is 31.0. The lowest BCUT2D eigenvalue weighted by molar-refractivity contribution is -0.178. The fourth-order valence-corrected chi connectivity index (χ4v) is 5.94. The topological polar surface area (TPSA) is 60.7 Å². The van der Waals surface area contributed by atoms with Gasteiger partial charge in [0.15, 0.2) is 0 Å². The number of rotatable bonds is 2. The lowest BCUT2D eigenvalue weighted by atomic mass is 9.46. The van der Waals surface area contributed by atoms with Crippen LogP contribution in [0, 0.1) is 22.2 Å². The van der Waals surface area contributed by atoms with E-state index in [4.69, 9.17) is 0 Å². The molecular weight excluding hydrogens is 288 g/mol.